The van der Waals surface area contributed by atoms with Gasteiger partial charge in [0.1, 0.15) is 18.9 Å². The number of benzene rings is 2. The number of esters is 1. The fourth-order valence-electron chi connectivity index (χ4n) is 3.62. The molecule has 0 amide bonds. The van der Waals surface area contributed by atoms with Crippen LogP contribution in [-0.4, -0.2) is 37.6 Å². The van der Waals surface area contributed by atoms with Crippen molar-refractivity contribution in [3.05, 3.63) is 95.5 Å². The van der Waals surface area contributed by atoms with E-state index in [-0.39, 0.29) is 31.5 Å². The number of methoxy groups -OCH3 is 1. The molecule has 0 saturated carbocycles. The van der Waals surface area contributed by atoms with Crippen molar-refractivity contribution >= 4 is 17.9 Å². The zero-order valence-corrected chi connectivity index (χ0v) is 19.0. The van der Waals surface area contributed by atoms with Gasteiger partial charge in [-0.15, -0.1) is 0 Å². The second kappa shape index (κ2) is 10.9. The Morgan fingerprint density at radius 3 is 2.20 bits per heavy atom. The van der Waals surface area contributed by atoms with Crippen LogP contribution < -0.4 is 0 Å². The van der Waals surface area contributed by atoms with Crippen LogP contribution in [0.4, 0.5) is 4.79 Å². The maximum Gasteiger partial charge on any atom is 0.511 e. The van der Waals surface area contributed by atoms with Gasteiger partial charge in [-0.2, -0.15) is 0 Å². The van der Waals surface area contributed by atoms with Gasteiger partial charge in [0.05, 0.1) is 13.7 Å². The zero-order valence-electron chi connectivity index (χ0n) is 19.0. The van der Waals surface area contributed by atoms with Crippen LogP contribution in [0.5, 0.6) is 0 Å². The van der Waals surface area contributed by atoms with Crippen LogP contribution in [0.1, 0.15) is 17.5 Å². The Bertz CT molecular complexity index is 1120. The van der Waals surface area contributed by atoms with Crippen molar-refractivity contribution in [2.75, 3.05) is 13.9 Å². The molecule has 2 aromatic carbocycles. The second-order valence-electron chi connectivity index (χ2n) is 7.76. The van der Waals surface area contributed by atoms with Gasteiger partial charge < -0.3 is 28.4 Å². The number of fused-ring (bicyclic) bond motifs is 1. The third kappa shape index (κ3) is 5.88. The smallest absolute Gasteiger partial charge is 0.469 e. The van der Waals surface area contributed by atoms with Gasteiger partial charge in [0.25, 0.3) is 5.79 Å². The van der Waals surface area contributed by atoms with Gasteiger partial charge >= 0.3 is 12.1 Å². The molecule has 9 nitrogen and oxygen atoms in total. The molecule has 0 aromatic heterocycles. The minimum atomic E-state index is -1.96. The molecule has 1 aliphatic carbocycles. The van der Waals surface area contributed by atoms with Gasteiger partial charge in [0.15, 0.2) is 17.3 Å². The van der Waals surface area contributed by atoms with E-state index in [0.29, 0.717) is 0 Å². The highest BCUT2D eigenvalue weighted by Gasteiger charge is 2.51. The van der Waals surface area contributed by atoms with Crippen molar-refractivity contribution in [3.63, 3.8) is 0 Å². The van der Waals surface area contributed by atoms with Crippen LogP contribution in [0.2, 0.25) is 0 Å². The molecule has 4 rings (SSSR count). The number of hydrogen-bond acceptors (Lipinski definition) is 9. The van der Waals surface area contributed by atoms with E-state index in [1.54, 1.807) is 12.1 Å². The second-order valence-corrected chi connectivity index (χ2v) is 7.76. The molecule has 35 heavy (non-hydrogen) atoms. The molecule has 182 valence electrons. The summed E-state index contributed by atoms with van der Waals surface area (Å²) in [5.74, 6) is -3.99. The van der Waals surface area contributed by atoms with Crippen LogP contribution in [0.15, 0.2) is 84.3 Å². The van der Waals surface area contributed by atoms with Gasteiger partial charge in [0.2, 0.25) is 6.79 Å². The fourth-order valence-corrected chi connectivity index (χ4v) is 3.62. The Hall–Kier alpha value is -4.11. The molecule has 1 heterocycles. The lowest BCUT2D eigenvalue weighted by atomic mass is 9.86. The third-order valence-electron chi connectivity index (χ3n) is 5.40. The van der Waals surface area contributed by atoms with E-state index >= 15 is 0 Å². The molecule has 2 unspecified atom stereocenters. The Kier molecular flexibility index (Phi) is 7.47. The highest BCUT2D eigenvalue weighted by Crippen LogP contribution is 2.40. The lowest BCUT2D eigenvalue weighted by molar-refractivity contribution is -0.211. The van der Waals surface area contributed by atoms with Crippen molar-refractivity contribution in [3.8, 4) is 0 Å². The molecule has 1 saturated heterocycles. The molecule has 2 atom stereocenters. The topological polar surface area (TPSA) is 107 Å². The number of ether oxygens (including phenoxy) is 6. The summed E-state index contributed by atoms with van der Waals surface area (Å²) in [7, 11) is 1.18. The predicted molar refractivity (Wildman–Crippen MR) is 120 cm³/mol. The van der Waals surface area contributed by atoms with Crippen molar-refractivity contribution in [1.82, 2.24) is 0 Å². The number of ketones is 1. The van der Waals surface area contributed by atoms with E-state index in [2.05, 4.69) is 4.74 Å². The number of Topliss-reactive ketones (excluding diaryl/α,β-unsaturated/α-hetero) is 1. The maximum atomic E-state index is 13.2. The van der Waals surface area contributed by atoms with Gasteiger partial charge in [-0.3, -0.25) is 9.59 Å². The molecule has 0 radical (unpaired) electrons. The molecule has 0 bridgehead atoms. The van der Waals surface area contributed by atoms with Gasteiger partial charge in [-0.1, -0.05) is 60.7 Å². The first-order chi connectivity index (χ1) is 17.0. The quantitative estimate of drug-likeness (QED) is 0.301. The van der Waals surface area contributed by atoms with E-state index in [0.717, 1.165) is 11.1 Å². The molecular formula is C26H24O9. The summed E-state index contributed by atoms with van der Waals surface area (Å²) in [5, 5.41) is 0. The van der Waals surface area contributed by atoms with Crippen LogP contribution in [-0.2, 0) is 51.2 Å². The van der Waals surface area contributed by atoms with Gasteiger partial charge in [0, 0.05) is 6.08 Å². The maximum absolute atomic E-state index is 13.2. The Morgan fingerprint density at radius 2 is 1.54 bits per heavy atom. The van der Waals surface area contributed by atoms with E-state index in [1.807, 2.05) is 48.5 Å². The van der Waals surface area contributed by atoms with Crippen molar-refractivity contribution in [2.24, 2.45) is 5.92 Å². The van der Waals surface area contributed by atoms with E-state index in [4.69, 9.17) is 23.7 Å². The van der Waals surface area contributed by atoms with Crippen LogP contribution in [0.3, 0.4) is 0 Å². The lowest BCUT2D eigenvalue weighted by Crippen LogP contribution is -2.48. The lowest BCUT2D eigenvalue weighted by Gasteiger charge is -2.36. The Balaban J connectivity index is 1.62. The monoisotopic (exact) mass is 480 g/mol. The average Bonchev–Trinajstić information content (AvgIpc) is 3.34. The first-order valence-electron chi connectivity index (χ1n) is 10.9. The predicted octanol–water partition coefficient (Wildman–Crippen LogP) is 3.79. The summed E-state index contributed by atoms with van der Waals surface area (Å²) in [4.78, 5) is 37.8. The number of rotatable bonds is 9. The molecule has 9 heteroatoms. The van der Waals surface area contributed by atoms with Gasteiger partial charge in [-0.05, 0) is 17.2 Å². The molecule has 1 fully saturated rings. The molecular weight excluding hydrogens is 456 g/mol. The zero-order chi connectivity index (χ0) is 24.7. The SMILES string of the molecule is COC(=O)CC(=O)C1C=C2OCOC2=CC1(OCc1ccccc1)OC(=O)OCc1ccccc1. The molecule has 1 aliphatic heterocycles. The first kappa shape index (κ1) is 24.0. The molecule has 2 aliphatic rings. The molecule has 0 spiro atoms. The standard InChI is InChI=1S/C26H24O9/c1-30-24(28)13-21(27)20-12-22-23(33-17-32-22)14-26(20,34-16-19-10-6-3-7-11-19)35-25(29)31-15-18-8-4-2-5-9-18/h2-12,14,20H,13,15-17H2,1H3. The minimum absolute atomic E-state index is 0.0113. The highest BCUT2D eigenvalue weighted by atomic mass is 16.8. The van der Waals surface area contributed by atoms with Crippen molar-refractivity contribution in [2.45, 2.75) is 25.4 Å². The van der Waals surface area contributed by atoms with Gasteiger partial charge in [-0.25, -0.2) is 4.79 Å². The van der Waals surface area contributed by atoms with E-state index < -0.39 is 36.0 Å². The number of hydrogen-bond donors (Lipinski definition) is 0. The fraction of sp³-hybridized carbons (Fsp3) is 0.269. The third-order valence-corrected chi connectivity index (χ3v) is 5.40. The first-order valence-corrected chi connectivity index (χ1v) is 10.9. The summed E-state index contributed by atoms with van der Waals surface area (Å²) < 4.78 is 32.5. The average molecular weight is 480 g/mol. The van der Waals surface area contributed by atoms with Crippen molar-refractivity contribution in [1.29, 1.82) is 0 Å². The highest BCUT2D eigenvalue weighted by molar-refractivity contribution is 5.98. The van der Waals surface area contributed by atoms with Crippen LogP contribution in [0.25, 0.3) is 0 Å². The summed E-state index contributed by atoms with van der Waals surface area (Å²) in [6, 6.07) is 18.2. The number of carbonyl (C=O) groups is 3. The largest absolute Gasteiger partial charge is 0.511 e. The van der Waals surface area contributed by atoms with E-state index in [1.165, 1.54) is 19.3 Å². The van der Waals surface area contributed by atoms with E-state index in [9.17, 15) is 14.4 Å². The minimum Gasteiger partial charge on any atom is -0.469 e. The summed E-state index contributed by atoms with van der Waals surface area (Å²) >= 11 is 0. The van der Waals surface area contributed by atoms with Crippen LogP contribution >= 0.6 is 0 Å². The summed E-state index contributed by atoms with van der Waals surface area (Å²) in [5.41, 5.74) is 1.52. The Labute approximate surface area is 201 Å². The number of carbonyl (C=O) groups excluding carboxylic acids is 3. The van der Waals surface area contributed by atoms with Crippen LogP contribution in [0, 0.1) is 5.92 Å². The molecule has 0 N–H and O–H groups in total. The summed E-state index contributed by atoms with van der Waals surface area (Å²) in [6.07, 6.45) is 1.16. The Morgan fingerprint density at radius 1 is 0.914 bits per heavy atom. The summed E-state index contributed by atoms with van der Waals surface area (Å²) in [6.45, 7) is -0.141. The van der Waals surface area contributed by atoms with Crippen molar-refractivity contribution < 1.29 is 42.8 Å². The normalized spacial score (nSPS) is 20.3. The molecule has 2 aromatic rings.